The van der Waals surface area contributed by atoms with E-state index in [1.54, 1.807) is 6.20 Å². The summed E-state index contributed by atoms with van der Waals surface area (Å²) in [6.45, 7) is 3.94. The van der Waals surface area contributed by atoms with Gasteiger partial charge in [-0.2, -0.15) is 0 Å². The first kappa shape index (κ1) is 16.0. The van der Waals surface area contributed by atoms with Crippen molar-refractivity contribution in [3.05, 3.63) is 42.2 Å². The summed E-state index contributed by atoms with van der Waals surface area (Å²) in [5.41, 5.74) is 1.89. The molecule has 2 aromatic rings. The number of benzene rings is 1. The van der Waals surface area contributed by atoms with Crippen LogP contribution in [0.25, 0.3) is 0 Å². The van der Waals surface area contributed by atoms with E-state index >= 15 is 0 Å². The van der Waals surface area contributed by atoms with Crippen molar-refractivity contribution >= 4 is 11.6 Å². The lowest BCUT2D eigenvalue weighted by Gasteiger charge is -2.23. The summed E-state index contributed by atoms with van der Waals surface area (Å²) < 4.78 is 5.63. The number of amides is 1. The highest BCUT2D eigenvalue weighted by Crippen LogP contribution is 2.58. The minimum Gasteiger partial charge on any atom is -0.424 e. The maximum absolute atomic E-state index is 12.5. The van der Waals surface area contributed by atoms with Crippen molar-refractivity contribution in [3.63, 3.8) is 0 Å². The van der Waals surface area contributed by atoms with E-state index in [0.29, 0.717) is 11.8 Å². The van der Waals surface area contributed by atoms with Crippen LogP contribution in [0, 0.1) is 18.3 Å². The fourth-order valence-electron chi connectivity index (χ4n) is 3.61. The van der Waals surface area contributed by atoms with E-state index in [2.05, 4.69) is 20.6 Å². The molecule has 0 bridgehead atoms. The van der Waals surface area contributed by atoms with Crippen molar-refractivity contribution in [2.24, 2.45) is 11.3 Å². The number of rotatable bonds is 4. The van der Waals surface area contributed by atoms with Crippen LogP contribution in [0.15, 0.2) is 36.5 Å². The van der Waals surface area contributed by atoms with Gasteiger partial charge in [0.2, 0.25) is 5.91 Å². The first-order valence-electron chi connectivity index (χ1n) is 8.74. The van der Waals surface area contributed by atoms with Crippen molar-refractivity contribution in [1.82, 2.24) is 15.3 Å². The summed E-state index contributed by atoms with van der Waals surface area (Å²) in [5, 5.41) is 6.39. The summed E-state index contributed by atoms with van der Waals surface area (Å²) >= 11 is 0. The molecule has 1 aromatic carbocycles. The van der Waals surface area contributed by atoms with Crippen LogP contribution in [0.5, 0.6) is 11.8 Å². The topological polar surface area (TPSA) is 76.1 Å². The third-order valence-corrected chi connectivity index (χ3v) is 5.21. The Bertz CT molecular complexity index is 769. The number of nitrogens with zero attached hydrogens (tertiary/aromatic N) is 2. The predicted molar refractivity (Wildman–Crippen MR) is 94.6 cm³/mol. The lowest BCUT2D eigenvalue weighted by atomic mass is 9.92. The number of anilines is 1. The molecule has 2 aliphatic rings. The lowest BCUT2D eigenvalue weighted by molar-refractivity contribution is -0.118. The number of aryl methyl sites for hydroxylation is 1. The fraction of sp³-hybridized carbons (Fsp3) is 0.421. The van der Waals surface area contributed by atoms with Crippen LogP contribution in [0.1, 0.15) is 25.0 Å². The molecule has 1 aliphatic heterocycles. The number of carbonyl (C=O) groups excluding carboxylic acids is 1. The van der Waals surface area contributed by atoms with E-state index in [-0.39, 0.29) is 17.2 Å². The Morgan fingerprint density at radius 3 is 2.72 bits per heavy atom. The molecule has 1 saturated heterocycles. The van der Waals surface area contributed by atoms with Crippen molar-refractivity contribution < 1.29 is 9.53 Å². The van der Waals surface area contributed by atoms with Crippen molar-refractivity contribution in [3.8, 4) is 11.8 Å². The first-order valence-corrected chi connectivity index (χ1v) is 8.74. The number of piperidine rings is 1. The quantitative estimate of drug-likeness (QED) is 0.896. The highest BCUT2D eigenvalue weighted by Gasteiger charge is 2.57. The third kappa shape index (κ3) is 3.49. The van der Waals surface area contributed by atoms with Gasteiger partial charge in [-0.1, -0.05) is 0 Å². The molecular formula is C19H22N4O2. The summed E-state index contributed by atoms with van der Waals surface area (Å²) in [7, 11) is 0. The Morgan fingerprint density at radius 1 is 1.24 bits per heavy atom. The highest BCUT2D eigenvalue weighted by atomic mass is 16.5. The number of hydrogen-bond donors (Lipinski definition) is 2. The van der Waals surface area contributed by atoms with Crippen LogP contribution < -0.4 is 15.4 Å². The minimum absolute atomic E-state index is 0.137. The molecule has 1 amide bonds. The van der Waals surface area contributed by atoms with Crippen molar-refractivity contribution in [1.29, 1.82) is 0 Å². The average molecular weight is 338 g/mol. The van der Waals surface area contributed by atoms with Gasteiger partial charge in [0, 0.05) is 23.5 Å². The van der Waals surface area contributed by atoms with Crippen LogP contribution >= 0.6 is 0 Å². The Hall–Kier alpha value is -2.47. The molecule has 0 radical (unpaired) electrons. The molecule has 6 heteroatoms. The van der Waals surface area contributed by atoms with Crippen LogP contribution in [-0.4, -0.2) is 29.0 Å². The second-order valence-electron chi connectivity index (χ2n) is 6.97. The van der Waals surface area contributed by atoms with Gasteiger partial charge in [0.05, 0.1) is 0 Å². The summed E-state index contributed by atoms with van der Waals surface area (Å²) in [5.74, 6) is 0.939. The van der Waals surface area contributed by atoms with E-state index in [1.807, 2.05) is 37.3 Å². The number of carbonyl (C=O) groups is 1. The highest BCUT2D eigenvalue weighted by molar-refractivity contribution is 5.95. The van der Waals surface area contributed by atoms with Crippen LogP contribution in [0.3, 0.4) is 0 Å². The third-order valence-electron chi connectivity index (χ3n) is 5.21. The molecule has 1 saturated carbocycles. The zero-order valence-electron chi connectivity index (χ0n) is 14.3. The van der Waals surface area contributed by atoms with E-state index in [9.17, 15) is 4.79 Å². The van der Waals surface area contributed by atoms with Gasteiger partial charge >= 0.3 is 6.01 Å². The number of hydrogen-bond acceptors (Lipinski definition) is 5. The summed E-state index contributed by atoms with van der Waals surface area (Å²) in [6.07, 6.45) is 4.90. The molecule has 1 atom stereocenters. The fourth-order valence-corrected chi connectivity index (χ4v) is 3.61. The molecular weight excluding hydrogens is 316 g/mol. The molecule has 130 valence electrons. The Kier molecular flexibility index (Phi) is 4.13. The van der Waals surface area contributed by atoms with Gasteiger partial charge in [0.15, 0.2) is 0 Å². The van der Waals surface area contributed by atoms with Gasteiger partial charge in [0.25, 0.3) is 0 Å². The molecule has 2 fully saturated rings. The Morgan fingerprint density at radius 2 is 2.00 bits per heavy atom. The molecule has 25 heavy (non-hydrogen) atoms. The predicted octanol–water partition coefficient (Wildman–Crippen LogP) is 2.91. The first-order chi connectivity index (χ1) is 12.1. The Labute approximate surface area is 147 Å². The molecule has 1 unspecified atom stereocenters. The van der Waals surface area contributed by atoms with E-state index in [4.69, 9.17) is 4.74 Å². The maximum atomic E-state index is 12.5. The second kappa shape index (κ2) is 6.44. The van der Waals surface area contributed by atoms with Gasteiger partial charge in [0.1, 0.15) is 5.75 Å². The van der Waals surface area contributed by atoms with Crippen LogP contribution in [-0.2, 0) is 4.79 Å². The SMILES string of the molecule is Cc1ccnc(Oc2ccc(NC(=O)C3CC34CCNCC4)cc2)n1. The zero-order valence-corrected chi connectivity index (χ0v) is 14.3. The van der Waals surface area contributed by atoms with Gasteiger partial charge < -0.3 is 15.4 Å². The number of ether oxygens (including phenoxy) is 1. The van der Waals surface area contributed by atoms with Gasteiger partial charge in [-0.15, -0.1) is 0 Å². The standard InChI is InChI=1S/C19H22N4O2/c1-13-6-9-21-18(22-13)25-15-4-2-14(3-5-15)23-17(24)16-12-19(16)7-10-20-11-8-19/h2-6,9,16,20H,7-8,10-12H2,1H3,(H,23,24). The second-order valence-corrected chi connectivity index (χ2v) is 6.97. The monoisotopic (exact) mass is 338 g/mol. The van der Waals surface area contributed by atoms with Crippen LogP contribution in [0.2, 0.25) is 0 Å². The number of aromatic nitrogens is 2. The molecule has 2 heterocycles. The zero-order chi connectivity index (χ0) is 17.3. The van der Waals surface area contributed by atoms with Gasteiger partial charge in [-0.3, -0.25) is 4.79 Å². The van der Waals surface area contributed by atoms with E-state index in [1.165, 1.54) is 0 Å². The van der Waals surface area contributed by atoms with Gasteiger partial charge in [-0.25, -0.2) is 9.97 Å². The maximum Gasteiger partial charge on any atom is 0.322 e. The van der Waals surface area contributed by atoms with E-state index in [0.717, 1.165) is 43.7 Å². The molecule has 1 aliphatic carbocycles. The molecule has 4 rings (SSSR count). The molecule has 2 N–H and O–H groups in total. The van der Waals surface area contributed by atoms with Crippen molar-refractivity contribution in [2.75, 3.05) is 18.4 Å². The normalized spacial score (nSPS) is 20.9. The smallest absolute Gasteiger partial charge is 0.322 e. The van der Waals surface area contributed by atoms with E-state index < -0.39 is 0 Å². The average Bonchev–Trinajstić information content (AvgIpc) is 3.30. The lowest BCUT2D eigenvalue weighted by Crippen LogP contribution is -2.31. The van der Waals surface area contributed by atoms with Crippen LogP contribution in [0.4, 0.5) is 5.69 Å². The summed E-state index contributed by atoms with van der Waals surface area (Å²) in [4.78, 5) is 20.8. The molecule has 1 aromatic heterocycles. The largest absolute Gasteiger partial charge is 0.424 e. The van der Waals surface area contributed by atoms with Gasteiger partial charge in [-0.05, 0) is 75.0 Å². The number of nitrogens with one attached hydrogen (secondary N) is 2. The molecule has 1 spiro atoms. The summed E-state index contributed by atoms with van der Waals surface area (Å²) in [6, 6.07) is 9.46. The van der Waals surface area contributed by atoms with Crippen molar-refractivity contribution in [2.45, 2.75) is 26.2 Å². The minimum atomic E-state index is 0.137. The molecule has 6 nitrogen and oxygen atoms in total. The Balaban J connectivity index is 1.35.